The highest BCUT2D eigenvalue weighted by Crippen LogP contribution is 2.35. The maximum Gasteiger partial charge on any atom is 0.469 e. The van der Waals surface area contributed by atoms with Gasteiger partial charge in [0.05, 0.1) is 19.2 Å². The van der Waals surface area contributed by atoms with Gasteiger partial charge in [-0.25, -0.2) is 4.57 Å². The lowest BCUT2D eigenvalue weighted by Gasteiger charge is -2.22. The largest absolute Gasteiger partial charge is 0.497 e. The zero-order chi connectivity index (χ0) is 27.7. The van der Waals surface area contributed by atoms with Gasteiger partial charge in [0.2, 0.25) is 11.7 Å². The van der Waals surface area contributed by atoms with Crippen molar-refractivity contribution in [3.63, 3.8) is 0 Å². The smallest absolute Gasteiger partial charge is 0.469 e. The summed E-state index contributed by atoms with van der Waals surface area (Å²) in [5, 5.41) is 5.15. The maximum atomic E-state index is 13.4. The molecule has 2 N–H and O–H groups in total. The predicted molar refractivity (Wildman–Crippen MR) is 142 cm³/mol. The monoisotopic (exact) mass is 546 g/mol. The van der Waals surface area contributed by atoms with Crippen molar-refractivity contribution < 1.29 is 33.2 Å². The fraction of sp³-hybridized carbons (Fsp3) is 0.462. The van der Waals surface area contributed by atoms with Gasteiger partial charge in [0.25, 0.3) is 0 Å². The van der Waals surface area contributed by atoms with Gasteiger partial charge in [-0.1, -0.05) is 26.7 Å². The Morgan fingerprint density at radius 3 is 2.37 bits per heavy atom. The van der Waals surface area contributed by atoms with E-state index in [1.807, 2.05) is 4.90 Å². The van der Waals surface area contributed by atoms with Crippen LogP contribution in [0.5, 0.6) is 5.75 Å². The molecule has 12 heteroatoms. The molecule has 0 radical (unpaired) electrons. The second-order valence-electron chi connectivity index (χ2n) is 8.92. The van der Waals surface area contributed by atoms with Crippen LogP contribution in [0.3, 0.4) is 0 Å². The van der Waals surface area contributed by atoms with Crippen molar-refractivity contribution in [2.45, 2.75) is 52.5 Å². The molecule has 206 valence electrons. The van der Waals surface area contributed by atoms with Gasteiger partial charge >= 0.3 is 7.82 Å². The van der Waals surface area contributed by atoms with E-state index in [1.165, 1.54) is 6.20 Å². The zero-order valence-corrected chi connectivity index (χ0v) is 22.9. The molecule has 0 unspecified atom stereocenters. The van der Waals surface area contributed by atoms with Gasteiger partial charge in [-0.05, 0) is 37.1 Å². The van der Waals surface area contributed by atoms with Gasteiger partial charge in [0.15, 0.2) is 0 Å². The molecule has 0 saturated carbocycles. The molecule has 1 amide bonds. The third-order valence-electron chi connectivity index (χ3n) is 6.08. The van der Waals surface area contributed by atoms with Crippen molar-refractivity contribution >= 4 is 30.4 Å². The molecule has 0 aliphatic carbocycles. The number of phosphoric ester groups is 1. The highest BCUT2D eigenvalue weighted by atomic mass is 31.2. The summed E-state index contributed by atoms with van der Waals surface area (Å²) in [4.78, 5) is 50.3. The van der Waals surface area contributed by atoms with Crippen LogP contribution in [0.4, 0.5) is 0 Å². The second kappa shape index (κ2) is 13.6. The number of unbranched alkanes of at least 4 members (excludes halogenated alkanes) is 2. The van der Waals surface area contributed by atoms with Gasteiger partial charge in [0.1, 0.15) is 18.0 Å². The van der Waals surface area contributed by atoms with E-state index >= 15 is 0 Å². The molecule has 38 heavy (non-hydrogen) atoms. The average molecular weight is 547 g/mol. The summed E-state index contributed by atoms with van der Waals surface area (Å²) < 4.78 is 22.2. The topological polar surface area (TPSA) is 144 Å². The van der Waals surface area contributed by atoms with E-state index in [0.29, 0.717) is 41.0 Å². The van der Waals surface area contributed by atoms with Crippen LogP contribution >= 0.6 is 7.82 Å². The van der Waals surface area contributed by atoms with Crippen molar-refractivity contribution in [3.05, 3.63) is 53.5 Å². The van der Waals surface area contributed by atoms with Gasteiger partial charge < -0.3 is 19.4 Å². The minimum Gasteiger partial charge on any atom is -0.497 e. The van der Waals surface area contributed by atoms with Crippen molar-refractivity contribution in [2.75, 3.05) is 26.8 Å². The van der Waals surface area contributed by atoms with Gasteiger partial charge in [-0.15, -0.1) is 0 Å². The molecule has 11 nitrogen and oxygen atoms in total. The van der Waals surface area contributed by atoms with Crippen LogP contribution in [0, 0.1) is 0 Å². The van der Waals surface area contributed by atoms with Gasteiger partial charge in [-0.3, -0.25) is 23.8 Å². The Hall–Kier alpha value is -3.11. The van der Waals surface area contributed by atoms with E-state index < -0.39 is 7.82 Å². The minimum atomic E-state index is -4.55. The Morgan fingerprint density at radius 2 is 1.79 bits per heavy atom. The fourth-order valence-electron chi connectivity index (χ4n) is 3.97. The van der Waals surface area contributed by atoms with Crippen molar-refractivity contribution in [1.82, 2.24) is 19.7 Å². The molecule has 0 atom stereocenters. The summed E-state index contributed by atoms with van der Waals surface area (Å²) in [5.74, 6) is 0.176. The minimum absolute atomic E-state index is 0.00113. The first kappa shape index (κ1) is 29.4. The number of phosphoric acid groups is 1. The lowest BCUT2D eigenvalue weighted by molar-refractivity contribution is -0.132. The highest BCUT2D eigenvalue weighted by molar-refractivity contribution is 7.46. The maximum absolute atomic E-state index is 13.4. The zero-order valence-electron chi connectivity index (χ0n) is 22.0. The van der Waals surface area contributed by atoms with Gasteiger partial charge in [-0.2, -0.15) is 5.10 Å². The number of carbonyl (C=O) groups is 2. The number of methoxy groups -OCH3 is 1. The first-order chi connectivity index (χ1) is 18.2. The fourth-order valence-corrected chi connectivity index (χ4v) is 4.30. The number of rotatable bonds is 15. The molecule has 2 aromatic heterocycles. The van der Waals surface area contributed by atoms with Crippen LogP contribution < -0.4 is 4.74 Å². The van der Waals surface area contributed by atoms with E-state index in [2.05, 4.69) is 28.5 Å². The first-order valence-electron chi connectivity index (χ1n) is 12.7. The quantitative estimate of drug-likeness (QED) is 0.215. The number of pyridine rings is 1. The van der Waals surface area contributed by atoms with E-state index in [1.54, 1.807) is 42.1 Å². The molecule has 0 saturated heterocycles. The van der Waals surface area contributed by atoms with Crippen LogP contribution in [0.1, 0.15) is 61.3 Å². The summed E-state index contributed by atoms with van der Waals surface area (Å²) in [7, 11) is -3.00. The SMILES string of the molecule is CCCCN(CCCC)C(=O)Cn1nc(C(=O)c2ccc(CCOP(=O)(O)O)nc2)c2ccc(OC)cc21. The standard InChI is InChI=1S/C26H35N4O7P/c1-4-6-13-29(14-7-5-2)24(31)18-30-23-16-21(36-3)10-11-22(23)25(28-30)26(32)19-8-9-20(27-17-19)12-15-37-38(33,34)35/h8-11,16-17H,4-7,12-15,18H2,1-3H3,(H2,33,34,35). The number of hydrogen-bond acceptors (Lipinski definition) is 7. The highest BCUT2D eigenvalue weighted by Gasteiger charge is 2.22. The van der Waals surface area contributed by atoms with Crippen molar-refractivity contribution in [2.24, 2.45) is 0 Å². The third-order valence-corrected chi connectivity index (χ3v) is 6.60. The molecular weight excluding hydrogens is 511 g/mol. The number of aromatic nitrogens is 3. The molecule has 0 bridgehead atoms. The summed E-state index contributed by atoms with van der Waals surface area (Å²) in [5.41, 5.74) is 1.63. The molecule has 0 aliphatic rings. The Kier molecular flexibility index (Phi) is 10.6. The van der Waals surface area contributed by atoms with Crippen LogP contribution in [0.15, 0.2) is 36.5 Å². The number of fused-ring (bicyclic) bond motifs is 1. The molecule has 0 fully saturated rings. The second-order valence-corrected chi connectivity index (χ2v) is 10.2. The Balaban J connectivity index is 1.87. The van der Waals surface area contributed by atoms with E-state index in [0.717, 1.165) is 25.7 Å². The summed E-state index contributed by atoms with van der Waals surface area (Å²) >= 11 is 0. The van der Waals surface area contributed by atoms with Crippen LogP contribution in [-0.4, -0.2) is 67.9 Å². The average Bonchev–Trinajstić information content (AvgIpc) is 3.25. The number of benzene rings is 1. The number of hydrogen-bond donors (Lipinski definition) is 2. The van der Waals surface area contributed by atoms with Crippen molar-refractivity contribution in [1.29, 1.82) is 0 Å². The lowest BCUT2D eigenvalue weighted by Crippen LogP contribution is -2.35. The normalized spacial score (nSPS) is 11.6. The van der Waals surface area contributed by atoms with E-state index in [9.17, 15) is 14.2 Å². The molecule has 0 spiro atoms. The summed E-state index contributed by atoms with van der Waals surface area (Å²) in [6.07, 6.45) is 5.38. The number of nitrogens with zero attached hydrogens (tertiary/aromatic N) is 4. The number of amides is 1. The Labute approximate surface area is 222 Å². The van der Waals surface area contributed by atoms with Crippen LogP contribution in [0.25, 0.3) is 10.9 Å². The lowest BCUT2D eigenvalue weighted by atomic mass is 10.1. The molecule has 1 aromatic carbocycles. The molecular formula is C26H35N4O7P. The molecule has 0 aliphatic heterocycles. The third kappa shape index (κ3) is 7.94. The number of ketones is 1. The van der Waals surface area contributed by atoms with Crippen LogP contribution in [-0.2, 0) is 26.8 Å². The Morgan fingerprint density at radius 1 is 1.08 bits per heavy atom. The summed E-state index contributed by atoms with van der Waals surface area (Å²) in [6, 6.07) is 8.43. The number of ether oxygens (including phenoxy) is 1. The molecule has 2 heterocycles. The van der Waals surface area contributed by atoms with Crippen molar-refractivity contribution in [3.8, 4) is 5.75 Å². The molecule has 3 rings (SSSR count). The number of carbonyl (C=O) groups excluding carboxylic acids is 2. The Bertz CT molecular complexity index is 1280. The first-order valence-corrected chi connectivity index (χ1v) is 14.2. The van der Waals surface area contributed by atoms with Crippen LogP contribution in [0.2, 0.25) is 0 Å². The predicted octanol–water partition coefficient (Wildman–Crippen LogP) is 3.75. The molecule has 3 aromatic rings. The summed E-state index contributed by atoms with van der Waals surface area (Å²) in [6.45, 7) is 5.34. The van der Waals surface area contributed by atoms with E-state index in [-0.39, 0.29) is 37.0 Å². The van der Waals surface area contributed by atoms with E-state index in [4.69, 9.17) is 14.5 Å². The van der Waals surface area contributed by atoms with Gasteiger partial charge in [0, 0.05) is 48.4 Å².